The number of nitrogens with zero attached hydrogens (tertiary/aromatic N) is 6. The molecule has 178 valence electrons. The Labute approximate surface area is 197 Å². The van der Waals surface area contributed by atoms with Gasteiger partial charge in [0.2, 0.25) is 0 Å². The molecule has 2 aromatic carbocycles. The third kappa shape index (κ3) is 4.79. The lowest BCUT2D eigenvalue weighted by Crippen LogP contribution is -2.55. The van der Waals surface area contributed by atoms with Crippen LogP contribution in [0.2, 0.25) is 0 Å². The maximum atomic E-state index is 14.8. The topological polar surface area (TPSA) is 81.2 Å². The molecule has 34 heavy (non-hydrogen) atoms. The average molecular weight is 467 g/mol. The molecule has 0 unspecified atom stereocenters. The quantitative estimate of drug-likeness (QED) is 0.576. The molecule has 7 nitrogen and oxygen atoms in total. The molecule has 4 rings (SSSR count). The van der Waals surface area contributed by atoms with E-state index in [-0.39, 0.29) is 18.2 Å². The van der Waals surface area contributed by atoms with E-state index < -0.39 is 23.3 Å². The van der Waals surface area contributed by atoms with Gasteiger partial charge in [-0.2, -0.15) is 10.4 Å². The van der Waals surface area contributed by atoms with Crippen LogP contribution < -0.4 is 4.90 Å². The van der Waals surface area contributed by atoms with Crippen molar-refractivity contribution in [1.29, 1.82) is 5.26 Å². The van der Waals surface area contributed by atoms with Crippen LogP contribution in [0.4, 0.5) is 14.5 Å². The number of likely N-dealkylation sites (N-methyl/N-ethyl adjacent to an activating group) is 1. The largest absolute Gasteiger partial charge is 0.381 e. The summed E-state index contributed by atoms with van der Waals surface area (Å²) >= 11 is 0. The first-order valence-electron chi connectivity index (χ1n) is 11.3. The Kier molecular flexibility index (Phi) is 6.91. The summed E-state index contributed by atoms with van der Waals surface area (Å²) in [5, 5.41) is 24.9. The van der Waals surface area contributed by atoms with Crippen LogP contribution in [0.3, 0.4) is 0 Å². The standard InChI is InChI=1S/C25H28F2N6O/c1-18(25(34,15-33-17-29-16-30-33)23-8-5-20(26)13-24(23)27)31(2)21-9-11-32(12-10-21)22-6-3-19(14-28)4-7-22/h3-8,13,16-18,21,34H,9-12,15H2,1-2H3/t18-,25-/m1/s1. The molecule has 9 heteroatoms. The molecular formula is C25H28F2N6O. The second-order valence-electron chi connectivity index (χ2n) is 8.86. The Bertz CT molecular complexity index is 1140. The molecular weight excluding hydrogens is 438 g/mol. The average Bonchev–Trinajstić information content (AvgIpc) is 3.36. The van der Waals surface area contributed by atoms with Crippen molar-refractivity contribution in [2.75, 3.05) is 25.0 Å². The summed E-state index contributed by atoms with van der Waals surface area (Å²) in [5.74, 6) is -1.49. The molecule has 2 heterocycles. The first kappa shape index (κ1) is 23.8. The molecule has 0 saturated carbocycles. The number of aliphatic hydroxyl groups is 1. The van der Waals surface area contributed by atoms with Crippen LogP contribution >= 0.6 is 0 Å². The summed E-state index contributed by atoms with van der Waals surface area (Å²) in [7, 11) is 1.93. The van der Waals surface area contributed by atoms with Crippen molar-refractivity contribution in [2.45, 2.75) is 44.0 Å². The van der Waals surface area contributed by atoms with Crippen LogP contribution in [0.15, 0.2) is 55.1 Å². The fraction of sp³-hybridized carbons (Fsp3) is 0.400. The van der Waals surface area contributed by atoms with Crippen molar-refractivity contribution < 1.29 is 13.9 Å². The molecule has 2 atom stereocenters. The Hall–Kier alpha value is -3.35. The zero-order valence-electron chi connectivity index (χ0n) is 19.3. The molecule has 0 radical (unpaired) electrons. The Morgan fingerprint density at radius 1 is 1.21 bits per heavy atom. The van der Waals surface area contributed by atoms with Gasteiger partial charge >= 0.3 is 0 Å². The normalized spacial score (nSPS) is 17.4. The molecule has 3 aromatic rings. The number of rotatable bonds is 7. The Morgan fingerprint density at radius 2 is 1.91 bits per heavy atom. The van der Waals surface area contributed by atoms with Gasteiger partial charge < -0.3 is 10.0 Å². The van der Waals surface area contributed by atoms with Crippen LogP contribution in [-0.2, 0) is 12.1 Å². The molecule has 1 N–H and O–H groups in total. The smallest absolute Gasteiger partial charge is 0.137 e. The predicted octanol–water partition coefficient (Wildman–Crippen LogP) is 3.31. The van der Waals surface area contributed by atoms with Crippen LogP contribution in [0.5, 0.6) is 0 Å². The van der Waals surface area contributed by atoms with Crippen molar-refractivity contribution in [3.05, 3.63) is 77.9 Å². The molecule has 0 aliphatic carbocycles. The van der Waals surface area contributed by atoms with E-state index in [0.717, 1.165) is 43.8 Å². The number of halogens is 2. The highest BCUT2D eigenvalue weighted by molar-refractivity contribution is 5.50. The monoisotopic (exact) mass is 466 g/mol. The predicted molar refractivity (Wildman–Crippen MR) is 124 cm³/mol. The van der Waals surface area contributed by atoms with Gasteiger partial charge in [0.25, 0.3) is 0 Å². The maximum Gasteiger partial charge on any atom is 0.137 e. The van der Waals surface area contributed by atoms with Crippen molar-refractivity contribution >= 4 is 5.69 Å². The third-order valence-electron chi connectivity index (χ3n) is 6.97. The Morgan fingerprint density at radius 3 is 2.50 bits per heavy atom. The first-order valence-corrected chi connectivity index (χ1v) is 11.3. The van der Waals surface area contributed by atoms with E-state index in [4.69, 9.17) is 5.26 Å². The van der Waals surface area contributed by atoms with Crippen molar-refractivity contribution in [2.24, 2.45) is 0 Å². The van der Waals surface area contributed by atoms with Gasteiger partial charge in [-0.1, -0.05) is 6.07 Å². The summed E-state index contributed by atoms with van der Waals surface area (Å²) in [5.41, 5.74) is 0.0692. The van der Waals surface area contributed by atoms with Gasteiger partial charge in [0.15, 0.2) is 0 Å². The highest BCUT2D eigenvalue weighted by atomic mass is 19.1. The molecule has 1 fully saturated rings. The van der Waals surface area contributed by atoms with Gasteiger partial charge in [-0.05, 0) is 57.1 Å². The minimum Gasteiger partial charge on any atom is -0.381 e. The number of piperidine rings is 1. The summed E-state index contributed by atoms with van der Waals surface area (Å²) in [4.78, 5) is 8.28. The molecule has 0 amide bonds. The lowest BCUT2D eigenvalue weighted by molar-refractivity contribution is -0.0697. The second-order valence-corrected chi connectivity index (χ2v) is 8.86. The van der Waals surface area contributed by atoms with Gasteiger partial charge in [-0.25, -0.2) is 18.4 Å². The molecule has 1 aliphatic heterocycles. The summed E-state index contributed by atoms with van der Waals surface area (Å²) in [6, 6.07) is 12.6. The van der Waals surface area contributed by atoms with E-state index in [1.165, 1.54) is 23.4 Å². The highest BCUT2D eigenvalue weighted by Crippen LogP contribution is 2.34. The maximum absolute atomic E-state index is 14.8. The van der Waals surface area contributed by atoms with Crippen LogP contribution in [-0.4, -0.2) is 57.0 Å². The molecule has 1 saturated heterocycles. The number of benzene rings is 2. The molecule has 0 spiro atoms. The fourth-order valence-electron chi connectivity index (χ4n) is 4.78. The summed E-state index contributed by atoms with van der Waals surface area (Å²) in [6.45, 7) is 3.47. The summed E-state index contributed by atoms with van der Waals surface area (Å²) in [6.07, 6.45) is 4.53. The van der Waals surface area contributed by atoms with E-state index in [2.05, 4.69) is 26.0 Å². The third-order valence-corrected chi connectivity index (χ3v) is 6.97. The number of aromatic nitrogens is 3. The highest BCUT2D eigenvalue weighted by Gasteiger charge is 2.43. The van der Waals surface area contributed by atoms with Crippen LogP contribution in [0, 0.1) is 23.0 Å². The minimum atomic E-state index is -1.66. The van der Waals surface area contributed by atoms with Crippen molar-refractivity contribution in [1.82, 2.24) is 19.7 Å². The van der Waals surface area contributed by atoms with Gasteiger partial charge in [-0.3, -0.25) is 4.90 Å². The lowest BCUT2D eigenvalue weighted by Gasteiger charge is -2.45. The van der Waals surface area contributed by atoms with Crippen LogP contribution in [0.1, 0.15) is 30.9 Å². The second kappa shape index (κ2) is 9.87. The van der Waals surface area contributed by atoms with Gasteiger partial charge in [0.1, 0.15) is 29.9 Å². The number of hydrogen-bond donors (Lipinski definition) is 1. The number of hydrogen-bond acceptors (Lipinski definition) is 6. The lowest BCUT2D eigenvalue weighted by atomic mass is 9.84. The molecule has 0 bridgehead atoms. The SMILES string of the molecule is C[C@@H](N(C)C1CCN(c2ccc(C#N)cc2)CC1)[C@](O)(Cn1cncn1)c1ccc(F)cc1F. The Balaban J connectivity index is 1.52. The van der Waals surface area contributed by atoms with Crippen LogP contribution in [0.25, 0.3) is 0 Å². The minimum absolute atomic E-state index is 0.0227. The van der Waals surface area contributed by atoms with E-state index in [1.807, 2.05) is 38.2 Å². The fourth-order valence-corrected chi connectivity index (χ4v) is 4.78. The molecule has 1 aliphatic rings. The van der Waals surface area contributed by atoms with Crippen molar-refractivity contribution in [3.8, 4) is 6.07 Å². The molecule has 1 aromatic heterocycles. The van der Waals surface area contributed by atoms with Crippen molar-refractivity contribution in [3.63, 3.8) is 0 Å². The number of anilines is 1. The van der Waals surface area contributed by atoms with E-state index in [9.17, 15) is 13.9 Å². The zero-order valence-corrected chi connectivity index (χ0v) is 19.3. The van der Waals surface area contributed by atoms with Gasteiger partial charge in [0.05, 0.1) is 18.2 Å². The zero-order chi connectivity index (χ0) is 24.3. The number of nitriles is 1. The van der Waals surface area contributed by atoms with Gasteiger partial charge in [-0.15, -0.1) is 0 Å². The first-order chi connectivity index (χ1) is 16.3. The van der Waals surface area contributed by atoms with Gasteiger partial charge in [0, 0.05) is 42.5 Å². The summed E-state index contributed by atoms with van der Waals surface area (Å²) < 4.78 is 29.9. The van der Waals surface area contributed by atoms with E-state index >= 15 is 0 Å². The van der Waals surface area contributed by atoms with E-state index in [0.29, 0.717) is 5.56 Å². The van der Waals surface area contributed by atoms with E-state index in [1.54, 1.807) is 0 Å².